The third kappa shape index (κ3) is 2.51. The summed E-state index contributed by atoms with van der Waals surface area (Å²) in [5, 5.41) is 3.54. The minimum atomic E-state index is -0.259. The number of piperidine rings is 1. The predicted molar refractivity (Wildman–Crippen MR) is 86.1 cm³/mol. The molecule has 2 fully saturated rings. The number of rotatable bonds is 2. The largest absolute Gasteiger partial charge is 0.495 e. The fourth-order valence-electron chi connectivity index (χ4n) is 2.72. The monoisotopic (exact) mass is 293 g/mol. The molecule has 2 saturated heterocycles. The molecule has 2 aliphatic heterocycles. The van der Waals surface area contributed by atoms with E-state index in [1.165, 1.54) is 37.4 Å². The molecule has 3 nitrogen and oxygen atoms in total. The number of hydrogen-bond acceptors (Lipinski definition) is 4. The fourth-order valence-corrected chi connectivity index (χ4v) is 3.69. The van der Waals surface area contributed by atoms with E-state index in [1.807, 2.05) is 11.3 Å². The van der Waals surface area contributed by atoms with Gasteiger partial charge in [0.25, 0.3) is 0 Å². The minimum Gasteiger partial charge on any atom is -0.399 e. The van der Waals surface area contributed by atoms with Crippen LogP contribution in [-0.4, -0.2) is 31.4 Å². The maximum atomic E-state index is 6.12. The van der Waals surface area contributed by atoms with Crippen LogP contribution in [0.25, 0.3) is 0 Å². The van der Waals surface area contributed by atoms with Gasteiger partial charge in [0.1, 0.15) is 0 Å². The van der Waals surface area contributed by atoms with E-state index in [4.69, 9.17) is 9.31 Å². The summed E-state index contributed by atoms with van der Waals surface area (Å²) < 4.78 is 12.2. The van der Waals surface area contributed by atoms with E-state index in [1.54, 1.807) is 0 Å². The van der Waals surface area contributed by atoms with Crippen molar-refractivity contribution in [3.05, 3.63) is 11.4 Å². The molecule has 3 heterocycles. The lowest BCUT2D eigenvalue weighted by atomic mass is 9.81. The van der Waals surface area contributed by atoms with E-state index in [0.29, 0.717) is 0 Å². The van der Waals surface area contributed by atoms with Crippen LogP contribution in [0.4, 0.5) is 5.00 Å². The SMILES string of the molecule is CC1(C)OB(c2csc(N3CCCCC3)c2)OC1(C)C. The third-order valence-corrected chi connectivity index (χ3v) is 5.81. The highest BCUT2D eigenvalue weighted by Crippen LogP contribution is 2.37. The highest BCUT2D eigenvalue weighted by Gasteiger charge is 2.51. The zero-order valence-corrected chi connectivity index (χ0v) is 13.8. The Balaban J connectivity index is 1.74. The van der Waals surface area contributed by atoms with Crippen molar-refractivity contribution in [2.75, 3.05) is 18.0 Å². The zero-order valence-electron chi connectivity index (χ0n) is 12.9. The first-order valence-electron chi connectivity index (χ1n) is 7.58. The van der Waals surface area contributed by atoms with E-state index in [9.17, 15) is 0 Å². The third-order valence-electron chi connectivity index (χ3n) is 4.80. The minimum absolute atomic E-state index is 0.227. The summed E-state index contributed by atoms with van der Waals surface area (Å²) in [6.45, 7) is 10.8. The van der Waals surface area contributed by atoms with Crippen molar-refractivity contribution < 1.29 is 9.31 Å². The Labute approximate surface area is 126 Å². The van der Waals surface area contributed by atoms with E-state index in [0.717, 1.165) is 5.46 Å². The summed E-state index contributed by atoms with van der Waals surface area (Å²) in [7, 11) is -0.227. The van der Waals surface area contributed by atoms with Gasteiger partial charge in [-0.2, -0.15) is 0 Å². The highest BCUT2D eigenvalue weighted by atomic mass is 32.1. The van der Waals surface area contributed by atoms with Gasteiger partial charge in [0, 0.05) is 13.1 Å². The first kappa shape index (κ1) is 14.4. The van der Waals surface area contributed by atoms with Crippen LogP contribution in [0.1, 0.15) is 47.0 Å². The first-order valence-corrected chi connectivity index (χ1v) is 8.46. The van der Waals surface area contributed by atoms with Gasteiger partial charge >= 0.3 is 7.12 Å². The molecule has 0 aliphatic carbocycles. The second-order valence-electron chi connectivity index (χ2n) is 6.85. The maximum Gasteiger partial charge on any atom is 0.495 e. The Kier molecular flexibility index (Phi) is 3.63. The van der Waals surface area contributed by atoms with Gasteiger partial charge in [-0.1, -0.05) is 0 Å². The van der Waals surface area contributed by atoms with Crippen LogP contribution in [0.15, 0.2) is 11.4 Å². The van der Waals surface area contributed by atoms with Gasteiger partial charge in [0.15, 0.2) is 0 Å². The second kappa shape index (κ2) is 5.04. The van der Waals surface area contributed by atoms with Gasteiger partial charge in [-0.05, 0) is 63.9 Å². The summed E-state index contributed by atoms with van der Waals surface area (Å²) in [5.74, 6) is 0. The lowest BCUT2D eigenvalue weighted by Crippen LogP contribution is -2.41. The molecule has 0 bridgehead atoms. The van der Waals surface area contributed by atoms with Crippen molar-refractivity contribution >= 4 is 28.9 Å². The summed E-state index contributed by atoms with van der Waals surface area (Å²) >= 11 is 1.81. The number of thiophene rings is 1. The Hall–Kier alpha value is -0.515. The molecule has 0 aromatic carbocycles. The Bertz CT molecular complexity index is 464. The van der Waals surface area contributed by atoms with E-state index in [-0.39, 0.29) is 18.3 Å². The predicted octanol–water partition coefficient (Wildman–Crippen LogP) is 3.04. The van der Waals surface area contributed by atoms with Crippen molar-refractivity contribution in [1.29, 1.82) is 0 Å². The molecule has 0 spiro atoms. The van der Waals surface area contributed by atoms with E-state index in [2.05, 4.69) is 44.0 Å². The molecule has 3 rings (SSSR count). The summed E-state index contributed by atoms with van der Waals surface area (Å²) in [4.78, 5) is 2.49. The van der Waals surface area contributed by atoms with Crippen molar-refractivity contribution in [3.63, 3.8) is 0 Å². The summed E-state index contributed by atoms with van der Waals surface area (Å²) in [6.07, 6.45) is 3.99. The first-order chi connectivity index (χ1) is 9.39. The fraction of sp³-hybridized carbons (Fsp3) is 0.733. The van der Waals surface area contributed by atoms with Gasteiger partial charge < -0.3 is 14.2 Å². The van der Waals surface area contributed by atoms with Crippen molar-refractivity contribution in [2.45, 2.75) is 58.2 Å². The number of nitrogens with zero attached hydrogens (tertiary/aromatic N) is 1. The van der Waals surface area contributed by atoms with Crippen molar-refractivity contribution in [1.82, 2.24) is 0 Å². The van der Waals surface area contributed by atoms with E-state index >= 15 is 0 Å². The van der Waals surface area contributed by atoms with Crippen LogP contribution in [0.3, 0.4) is 0 Å². The van der Waals surface area contributed by atoms with Crippen LogP contribution in [-0.2, 0) is 9.31 Å². The quantitative estimate of drug-likeness (QED) is 0.782. The van der Waals surface area contributed by atoms with Gasteiger partial charge in [-0.15, -0.1) is 11.3 Å². The number of hydrogen-bond donors (Lipinski definition) is 0. The van der Waals surface area contributed by atoms with Gasteiger partial charge in [0.05, 0.1) is 16.2 Å². The highest BCUT2D eigenvalue weighted by molar-refractivity contribution is 7.15. The molecular formula is C15H24BNO2S. The summed E-state index contributed by atoms with van der Waals surface area (Å²) in [5.41, 5.74) is 0.643. The molecule has 0 unspecified atom stereocenters. The maximum absolute atomic E-state index is 6.12. The van der Waals surface area contributed by atoms with Gasteiger partial charge in [0.2, 0.25) is 0 Å². The molecule has 0 N–H and O–H groups in total. The molecule has 0 saturated carbocycles. The van der Waals surface area contributed by atoms with Crippen LogP contribution in [0.2, 0.25) is 0 Å². The molecule has 1 aromatic rings. The van der Waals surface area contributed by atoms with Crippen LogP contribution >= 0.6 is 11.3 Å². The normalized spacial score (nSPS) is 25.2. The van der Waals surface area contributed by atoms with Crippen LogP contribution in [0, 0.1) is 0 Å². The Morgan fingerprint density at radius 2 is 1.65 bits per heavy atom. The van der Waals surface area contributed by atoms with Crippen LogP contribution < -0.4 is 10.4 Å². The van der Waals surface area contributed by atoms with Crippen molar-refractivity contribution in [2.24, 2.45) is 0 Å². The average molecular weight is 293 g/mol. The van der Waals surface area contributed by atoms with E-state index < -0.39 is 0 Å². The Morgan fingerprint density at radius 1 is 1.05 bits per heavy atom. The standard InChI is InChI=1S/C15H24BNO2S/c1-14(2)15(3,4)19-16(18-14)12-10-13(20-11-12)17-8-6-5-7-9-17/h10-11H,5-9H2,1-4H3. The molecule has 0 atom stereocenters. The van der Waals surface area contributed by atoms with Crippen LogP contribution in [0.5, 0.6) is 0 Å². The molecule has 5 heteroatoms. The molecule has 2 aliphatic rings. The Morgan fingerprint density at radius 3 is 2.25 bits per heavy atom. The molecule has 0 amide bonds. The lowest BCUT2D eigenvalue weighted by molar-refractivity contribution is 0.00578. The molecule has 20 heavy (non-hydrogen) atoms. The molecule has 1 aromatic heterocycles. The second-order valence-corrected chi connectivity index (χ2v) is 7.74. The van der Waals surface area contributed by atoms with Crippen molar-refractivity contribution in [3.8, 4) is 0 Å². The molecule has 0 radical (unpaired) electrons. The smallest absolute Gasteiger partial charge is 0.399 e. The number of anilines is 1. The zero-order chi connectivity index (χ0) is 14.4. The van der Waals surface area contributed by atoms with Gasteiger partial charge in [-0.3, -0.25) is 0 Å². The molecular weight excluding hydrogens is 269 g/mol. The average Bonchev–Trinajstić information content (AvgIpc) is 2.94. The lowest BCUT2D eigenvalue weighted by Gasteiger charge is -2.32. The summed E-state index contributed by atoms with van der Waals surface area (Å²) in [6, 6.07) is 2.25. The molecule has 110 valence electrons. The topological polar surface area (TPSA) is 21.7 Å². The van der Waals surface area contributed by atoms with Gasteiger partial charge in [-0.25, -0.2) is 0 Å².